The fourth-order valence-corrected chi connectivity index (χ4v) is 1.55. The van der Waals surface area contributed by atoms with Gasteiger partial charge >= 0.3 is 0 Å². The van der Waals surface area contributed by atoms with Gasteiger partial charge in [-0.1, -0.05) is 31.7 Å². The fraction of sp³-hybridized carbons (Fsp3) is 0.200. The van der Waals surface area contributed by atoms with Crippen molar-refractivity contribution >= 4 is 18.0 Å². The van der Waals surface area contributed by atoms with Crippen LogP contribution in [0.1, 0.15) is 12.5 Å². The highest BCUT2D eigenvalue weighted by atomic mass is 32.2. The molecule has 0 fully saturated rings. The van der Waals surface area contributed by atoms with Crippen LogP contribution in [0, 0.1) is 0 Å². The predicted octanol–water partition coefficient (Wildman–Crippen LogP) is 2.45. The Morgan fingerprint density at radius 1 is 1.54 bits per heavy atom. The Bertz CT molecular complexity index is 273. The molecule has 3 heteroatoms. The number of nitrogens with one attached hydrogen (secondary N) is 2. The van der Waals surface area contributed by atoms with Crippen LogP contribution in [-0.4, -0.2) is 6.54 Å². The van der Waals surface area contributed by atoms with Crippen molar-refractivity contribution in [3.63, 3.8) is 0 Å². The van der Waals surface area contributed by atoms with E-state index in [1.54, 1.807) is 11.9 Å². The Hall–Kier alpha value is -0.770. The van der Waals surface area contributed by atoms with Crippen LogP contribution in [0.3, 0.4) is 0 Å². The Labute approximate surface area is 83.5 Å². The molecule has 0 aromatic heterocycles. The van der Waals surface area contributed by atoms with Crippen molar-refractivity contribution in [2.24, 2.45) is 0 Å². The van der Waals surface area contributed by atoms with Gasteiger partial charge in [-0.05, 0) is 29.6 Å². The van der Waals surface area contributed by atoms with Crippen molar-refractivity contribution in [2.45, 2.75) is 11.8 Å². The Morgan fingerprint density at radius 3 is 3.08 bits per heavy atom. The van der Waals surface area contributed by atoms with Crippen LogP contribution in [-0.2, 0) is 0 Å². The molecule has 0 heterocycles. The molecule has 0 bridgehead atoms. The van der Waals surface area contributed by atoms with Crippen LogP contribution in [0.5, 0.6) is 0 Å². The third-order valence-electron chi connectivity index (χ3n) is 1.51. The maximum absolute atomic E-state index is 3.72. The van der Waals surface area contributed by atoms with Crippen molar-refractivity contribution in [1.29, 1.82) is 0 Å². The number of rotatable bonds is 5. The van der Waals surface area contributed by atoms with Gasteiger partial charge in [0.25, 0.3) is 0 Å². The number of hydrogen-bond donors (Lipinski definition) is 2. The topological polar surface area (TPSA) is 24.1 Å². The zero-order chi connectivity index (χ0) is 9.52. The summed E-state index contributed by atoms with van der Waals surface area (Å²) < 4.78 is 0. The molecule has 13 heavy (non-hydrogen) atoms. The average molecular weight is 194 g/mol. The van der Waals surface area contributed by atoms with Gasteiger partial charge in [-0.25, -0.2) is 5.43 Å². The van der Waals surface area contributed by atoms with Gasteiger partial charge in [0.05, 0.1) is 0 Å². The molecule has 70 valence electrons. The third-order valence-corrected chi connectivity index (χ3v) is 2.25. The summed E-state index contributed by atoms with van der Waals surface area (Å²) >= 11 is 1.57. The van der Waals surface area contributed by atoms with E-state index in [1.165, 1.54) is 4.90 Å². The van der Waals surface area contributed by atoms with Crippen LogP contribution in [0.2, 0.25) is 0 Å². The van der Waals surface area contributed by atoms with Crippen LogP contribution >= 0.6 is 11.9 Å². The highest BCUT2D eigenvalue weighted by Gasteiger charge is 1.92. The van der Waals surface area contributed by atoms with Crippen molar-refractivity contribution in [3.05, 3.63) is 36.4 Å². The van der Waals surface area contributed by atoms with Gasteiger partial charge in [-0.15, -0.1) is 0 Å². The minimum absolute atomic E-state index is 0.911. The summed E-state index contributed by atoms with van der Waals surface area (Å²) in [5.74, 6) is 0. The smallest absolute Gasteiger partial charge is 0.0246 e. The minimum Gasteiger partial charge on any atom is -0.248 e. The number of hydrazine groups is 1. The molecule has 0 unspecified atom stereocenters. The minimum atomic E-state index is 0.911. The second kappa shape index (κ2) is 5.80. The second-order valence-electron chi connectivity index (χ2n) is 2.51. The highest BCUT2D eigenvalue weighted by Crippen LogP contribution is 2.15. The van der Waals surface area contributed by atoms with E-state index < -0.39 is 0 Å². The molecule has 1 aromatic carbocycles. The van der Waals surface area contributed by atoms with E-state index in [2.05, 4.69) is 29.0 Å². The van der Waals surface area contributed by atoms with Crippen LogP contribution in [0.4, 0.5) is 0 Å². The fourth-order valence-electron chi connectivity index (χ4n) is 0.872. The molecule has 2 nitrogen and oxygen atoms in total. The first-order chi connectivity index (χ1) is 6.36. The monoisotopic (exact) mass is 194 g/mol. The van der Waals surface area contributed by atoms with Gasteiger partial charge in [0.15, 0.2) is 0 Å². The van der Waals surface area contributed by atoms with Crippen LogP contribution < -0.4 is 10.3 Å². The number of hydrogen-bond acceptors (Lipinski definition) is 3. The Balaban J connectivity index is 2.51. The van der Waals surface area contributed by atoms with E-state index >= 15 is 0 Å². The molecule has 0 atom stereocenters. The lowest BCUT2D eigenvalue weighted by Crippen LogP contribution is -2.24. The summed E-state index contributed by atoms with van der Waals surface area (Å²) in [5.41, 5.74) is 4.16. The summed E-state index contributed by atoms with van der Waals surface area (Å²) in [6, 6.07) is 8.20. The van der Waals surface area contributed by atoms with Gasteiger partial charge in [0.2, 0.25) is 0 Å². The maximum atomic E-state index is 3.72. The molecule has 0 aliphatic carbocycles. The number of benzene rings is 1. The quantitative estimate of drug-likeness (QED) is 0.428. The van der Waals surface area contributed by atoms with E-state index in [1.807, 2.05) is 25.1 Å². The SMILES string of the molecule is C=Cc1cccc(SNNCC)c1. The van der Waals surface area contributed by atoms with Crippen molar-refractivity contribution in [2.75, 3.05) is 6.54 Å². The van der Waals surface area contributed by atoms with Gasteiger partial charge < -0.3 is 0 Å². The normalized spacial score (nSPS) is 9.92. The van der Waals surface area contributed by atoms with Gasteiger partial charge in [0, 0.05) is 11.4 Å². The maximum Gasteiger partial charge on any atom is 0.0246 e. The molecule has 0 aliphatic heterocycles. The van der Waals surface area contributed by atoms with Gasteiger partial charge in [-0.2, -0.15) is 4.83 Å². The van der Waals surface area contributed by atoms with Crippen LogP contribution in [0.15, 0.2) is 35.7 Å². The molecule has 0 saturated carbocycles. The Kier molecular flexibility index (Phi) is 4.60. The summed E-state index contributed by atoms with van der Waals surface area (Å²) in [7, 11) is 0. The van der Waals surface area contributed by atoms with Crippen molar-refractivity contribution in [1.82, 2.24) is 10.3 Å². The zero-order valence-electron chi connectivity index (χ0n) is 7.71. The standard InChI is InChI=1S/C10H14N2S/c1-3-9-6-5-7-10(8-9)13-12-11-4-2/h3,5-8,11-12H,1,4H2,2H3. The van der Waals surface area contributed by atoms with E-state index in [9.17, 15) is 0 Å². The van der Waals surface area contributed by atoms with E-state index in [-0.39, 0.29) is 0 Å². The predicted molar refractivity (Wildman–Crippen MR) is 59.2 cm³/mol. The Morgan fingerprint density at radius 2 is 2.38 bits per heavy atom. The van der Waals surface area contributed by atoms with E-state index in [0.717, 1.165) is 12.1 Å². The lowest BCUT2D eigenvalue weighted by molar-refractivity contribution is 0.720. The van der Waals surface area contributed by atoms with E-state index in [0.29, 0.717) is 0 Å². The lowest BCUT2D eigenvalue weighted by Gasteiger charge is -2.03. The molecule has 0 saturated heterocycles. The first kappa shape index (κ1) is 10.3. The van der Waals surface area contributed by atoms with Crippen LogP contribution in [0.25, 0.3) is 6.08 Å². The summed E-state index contributed by atoms with van der Waals surface area (Å²) in [6.07, 6.45) is 1.84. The van der Waals surface area contributed by atoms with Gasteiger partial charge in [0.1, 0.15) is 0 Å². The lowest BCUT2D eigenvalue weighted by atomic mass is 10.2. The zero-order valence-corrected chi connectivity index (χ0v) is 8.53. The molecule has 0 spiro atoms. The second-order valence-corrected chi connectivity index (χ2v) is 3.39. The first-order valence-electron chi connectivity index (χ1n) is 4.24. The highest BCUT2D eigenvalue weighted by molar-refractivity contribution is 7.97. The molecule has 2 N–H and O–H groups in total. The van der Waals surface area contributed by atoms with E-state index in [4.69, 9.17) is 0 Å². The molecule has 1 aromatic rings. The summed E-state index contributed by atoms with van der Waals surface area (Å²) in [4.78, 5) is 4.21. The first-order valence-corrected chi connectivity index (χ1v) is 5.05. The van der Waals surface area contributed by atoms with Crippen molar-refractivity contribution < 1.29 is 0 Å². The molecule has 0 radical (unpaired) electrons. The van der Waals surface area contributed by atoms with Gasteiger partial charge in [-0.3, -0.25) is 0 Å². The molecular weight excluding hydrogens is 180 g/mol. The summed E-state index contributed by atoms with van der Waals surface area (Å²) in [5, 5.41) is 0. The van der Waals surface area contributed by atoms with Crippen molar-refractivity contribution in [3.8, 4) is 0 Å². The average Bonchev–Trinajstić information content (AvgIpc) is 2.19. The molecule has 0 amide bonds. The molecule has 1 rings (SSSR count). The molecular formula is C10H14N2S. The molecule has 0 aliphatic rings. The summed E-state index contributed by atoms with van der Waals surface area (Å²) in [6.45, 7) is 6.68. The largest absolute Gasteiger partial charge is 0.248 e. The third kappa shape index (κ3) is 3.63.